The zero-order chi connectivity index (χ0) is 15.5. The highest BCUT2D eigenvalue weighted by Crippen LogP contribution is 2.32. The molecule has 1 aliphatic heterocycles. The molecule has 0 atom stereocenters. The molecule has 0 amide bonds. The maximum absolute atomic E-state index is 11.5. The molecule has 1 aromatic carbocycles. The number of carbonyl (C=O) groups is 1. The van der Waals surface area contributed by atoms with E-state index in [1.165, 1.54) is 12.1 Å². The number of nitrogens with zero attached hydrogens (tertiary/aromatic N) is 2. The van der Waals surface area contributed by atoms with E-state index in [1.807, 2.05) is 6.07 Å². The average Bonchev–Trinajstić information content (AvgIpc) is 2.48. The molecule has 0 aromatic heterocycles. The average molecular weight is 291 g/mol. The fraction of sp³-hybridized carbons (Fsp3) is 0.385. The summed E-state index contributed by atoms with van der Waals surface area (Å²) in [5.74, 6) is -1.08. The maximum atomic E-state index is 11.5. The van der Waals surface area contributed by atoms with E-state index in [4.69, 9.17) is 10.00 Å². The Labute approximate surface area is 120 Å². The molecule has 2 N–H and O–H groups in total. The normalized spacial score (nSPS) is 16.7. The van der Waals surface area contributed by atoms with E-state index in [0.717, 1.165) is 6.07 Å². The lowest BCUT2D eigenvalue weighted by Crippen LogP contribution is -2.50. The second-order valence-corrected chi connectivity index (χ2v) is 4.73. The fourth-order valence-corrected chi connectivity index (χ4v) is 2.23. The van der Waals surface area contributed by atoms with Gasteiger partial charge in [0, 0.05) is 32.1 Å². The monoisotopic (exact) mass is 291 g/mol. The number of aliphatic carboxylic acids is 1. The first-order valence-electron chi connectivity index (χ1n) is 6.26. The van der Waals surface area contributed by atoms with Gasteiger partial charge in [-0.1, -0.05) is 0 Å². The number of benzene rings is 1. The molecular weight excluding hydrogens is 278 g/mol. The highest BCUT2D eigenvalue weighted by molar-refractivity contribution is 5.84. The molecule has 2 rings (SSSR count). The van der Waals surface area contributed by atoms with Crippen molar-refractivity contribution in [3.63, 3.8) is 0 Å². The third-order valence-electron chi connectivity index (χ3n) is 3.45. The first-order chi connectivity index (χ1) is 9.98. The predicted octanol–water partition coefficient (Wildman–Crippen LogP) is 1.51. The number of nitriles is 1. The summed E-state index contributed by atoms with van der Waals surface area (Å²) in [6.45, 7) is 0.534. The van der Waals surface area contributed by atoms with Crippen LogP contribution in [0.15, 0.2) is 18.2 Å². The van der Waals surface area contributed by atoms with Gasteiger partial charge in [0.1, 0.15) is 11.2 Å². The molecular formula is C13H13N3O5. The summed E-state index contributed by atoms with van der Waals surface area (Å²) in [6, 6.07) is 5.70. The van der Waals surface area contributed by atoms with Gasteiger partial charge in [0.15, 0.2) is 0 Å². The van der Waals surface area contributed by atoms with Crippen LogP contribution in [0.4, 0.5) is 11.4 Å². The fourth-order valence-electron chi connectivity index (χ4n) is 2.23. The summed E-state index contributed by atoms with van der Waals surface area (Å²) in [5.41, 5.74) is -1.38. The van der Waals surface area contributed by atoms with Crippen molar-refractivity contribution >= 4 is 17.3 Å². The first-order valence-corrected chi connectivity index (χ1v) is 6.26. The number of ether oxygens (including phenoxy) is 1. The minimum atomic E-state index is -1.29. The lowest BCUT2D eigenvalue weighted by Gasteiger charge is -2.34. The summed E-state index contributed by atoms with van der Waals surface area (Å²) >= 11 is 0. The van der Waals surface area contributed by atoms with E-state index in [1.54, 1.807) is 0 Å². The maximum Gasteiger partial charge on any atom is 0.329 e. The molecule has 21 heavy (non-hydrogen) atoms. The highest BCUT2D eigenvalue weighted by Gasteiger charge is 2.41. The molecule has 0 saturated carbocycles. The molecule has 1 saturated heterocycles. The number of carboxylic acid groups (broad SMARTS) is 1. The summed E-state index contributed by atoms with van der Waals surface area (Å²) < 4.78 is 5.15. The second-order valence-electron chi connectivity index (χ2n) is 4.73. The minimum Gasteiger partial charge on any atom is -0.480 e. The van der Waals surface area contributed by atoms with Gasteiger partial charge in [-0.25, -0.2) is 4.79 Å². The van der Waals surface area contributed by atoms with Crippen molar-refractivity contribution in [1.29, 1.82) is 5.26 Å². The Hall–Kier alpha value is -2.66. The molecule has 8 heteroatoms. The van der Waals surface area contributed by atoms with Gasteiger partial charge in [-0.3, -0.25) is 10.1 Å². The number of hydrogen-bond donors (Lipinski definition) is 2. The van der Waals surface area contributed by atoms with Gasteiger partial charge in [-0.15, -0.1) is 0 Å². The Balaban J connectivity index is 2.39. The van der Waals surface area contributed by atoms with E-state index in [0.29, 0.717) is 0 Å². The van der Waals surface area contributed by atoms with Crippen LogP contribution in [0.1, 0.15) is 18.4 Å². The van der Waals surface area contributed by atoms with Crippen LogP contribution in [0, 0.1) is 21.4 Å². The van der Waals surface area contributed by atoms with Crippen molar-refractivity contribution in [3.05, 3.63) is 33.9 Å². The molecule has 0 radical (unpaired) electrons. The Morgan fingerprint density at radius 3 is 2.67 bits per heavy atom. The van der Waals surface area contributed by atoms with Crippen LogP contribution in [0.2, 0.25) is 0 Å². The summed E-state index contributed by atoms with van der Waals surface area (Å²) in [4.78, 5) is 22.0. The van der Waals surface area contributed by atoms with Gasteiger partial charge in [0.25, 0.3) is 5.69 Å². The van der Waals surface area contributed by atoms with Gasteiger partial charge >= 0.3 is 5.97 Å². The number of rotatable bonds is 4. The quantitative estimate of drug-likeness (QED) is 0.636. The van der Waals surface area contributed by atoms with Crippen LogP contribution in [0.5, 0.6) is 0 Å². The zero-order valence-electron chi connectivity index (χ0n) is 11.0. The Morgan fingerprint density at radius 1 is 1.48 bits per heavy atom. The van der Waals surface area contributed by atoms with Gasteiger partial charge in [0.05, 0.1) is 16.6 Å². The third-order valence-corrected chi connectivity index (χ3v) is 3.45. The molecule has 1 aliphatic rings. The smallest absolute Gasteiger partial charge is 0.329 e. The number of nitro groups is 1. The van der Waals surface area contributed by atoms with E-state index in [-0.39, 0.29) is 43.0 Å². The van der Waals surface area contributed by atoms with Crippen molar-refractivity contribution in [3.8, 4) is 6.07 Å². The van der Waals surface area contributed by atoms with Crippen molar-refractivity contribution in [2.45, 2.75) is 18.4 Å². The van der Waals surface area contributed by atoms with Crippen molar-refractivity contribution in [1.82, 2.24) is 0 Å². The molecule has 0 unspecified atom stereocenters. The lowest BCUT2D eigenvalue weighted by molar-refractivity contribution is -0.384. The van der Waals surface area contributed by atoms with Gasteiger partial charge in [-0.2, -0.15) is 5.26 Å². The summed E-state index contributed by atoms with van der Waals surface area (Å²) in [6.07, 6.45) is 0.416. The van der Waals surface area contributed by atoms with Crippen molar-refractivity contribution in [2.24, 2.45) is 0 Å². The Bertz CT molecular complexity index is 617. The van der Waals surface area contributed by atoms with Crippen molar-refractivity contribution < 1.29 is 19.6 Å². The van der Waals surface area contributed by atoms with Gasteiger partial charge < -0.3 is 15.2 Å². The molecule has 0 bridgehead atoms. The van der Waals surface area contributed by atoms with Gasteiger partial charge in [0.2, 0.25) is 0 Å². The molecule has 8 nitrogen and oxygen atoms in total. The zero-order valence-corrected chi connectivity index (χ0v) is 11.0. The second kappa shape index (κ2) is 5.76. The molecule has 1 fully saturated rings. The van der Waals surface area contributed by atoms with E-state index < -0.39 is 16.4 Å². The van der Waals surface area contributed by atoms with Crippen LogP contribution < -0.4 is 5.32 Å². The van der Waals surface area contributed by atoms with Gasteiger partial charge in [-0.05, 0) is 12.1 Å². The van der Waals surface area contributed by atoms with Crippen molar-refractivity contribution in [2.75, 3.05) is 18.5 Å². The van der Waals surface area contributed by atoms with Crippen LogP contribution >= 0.6 is 0 Å². The SMILES string of the molecule is N#Cc1ccc(NC2(C(=O)O)CCOCC2)c([N+](=O)[O-])c1. The van der Waals surface area contributed by atoms with E-state index in [2.05, 4.69) is 5.32 Å². The molecule has 0 aliphatic carbocycles. The summed E-state index contributed by atoms with van der Waals surface area (Å²) in [7, 11) is 0. The van der Waals surface area contributed by atoms with E-state index >= 15 is 0 Å². The number of anilines is 1. The molecule has 1 aromatic rings. The number of nitro benzene ring substituents is 1. The lowest BCUT2D eigenvalue weighted by atomic mass is 9.89. The molecule has 0 spiro atoms. The topological polar surface area (TPSA) is 125 Å². The van der Waals surface area contributed by atoms with Crippen LogP contribution in [0.3, 0.4) is 0 Å². The summed E-state index contributed by atoms with van der Waals surface area (Å²) in [5, 5.41) is 32.1. The third kappa shape index (κ3) is 2.93. The number of nitrogens with one attached hydrogen (secondary N) is 1. The highest BCUT2D eigenvalue weighted by atomic mass is 16.6. The largest absolute Gasteiger partial charge is 0.480 e. The van der Waals surface area contributed by atoms with Crippen LogP contribution in [-0.2, 0) is 9.53 Å². The molecule has 110 valence electrons. The van der Waals surface area contributed by atoms with E-state index in [9.17, 15) is 20.0 Å². The number of hydrogen-bond acceptors (Lipinski definition) is 6. The molecule has 1 heterocycles. The predicted molar refractivity (Wildman–Crippen MR) is 71.9 cm³/mol. The van der Waals surface area contributed by atoms with Crippen LogP contribution in [-0.4, -0.2) is 34.8 Å². The Morgan fingerprint density at radius 2 is 2.14 bits per heavy atom. The number of carboxylic acids is 1. The first kappa shape index (κ1) is 14.7. The Kier molecular flexibility index (Phi) is 4.05. The minimum absolute atomic E-state index is 0.0864. The van der Waals surface area contributed by atoms with Crippen LogP contribution in [0.25, 0.3) is 0 Å². The standard InChI is InChI=1S/C13H13N3O5/c14-8-9-1-2-10(11(7-9)16(19)20)15-13(12(17)18)3-5-21-6-4-13/h1-2,7,15H,3-6H2,(H,17,18).